The first-order valence-corrected chi connectivity index (χ1v) is 9.64. The lowest BCUT2D eigenvalue weighted by atomic mass is 10.1. The highest BCUT2D eigenvalue weighted by Gasteiger charge is 2.22. The van der Waals surface area contributed by atoms with E-state index in [4.69, 9.17) is 9.94 Å². The van der Waals surface area contributed by atoms with Crippen molar-refractivity contribution in [3.8, 4) is 0 Å². The SMILES string of the molecule is O=C(NCCCN1CCOCC1)c1cc2c(s1)SCCC2=NO. The van der Waals surface area contributed by atoms with Crippen LogP contribution in [0.2, 0.25) is 0 Å². The van der Waals surface area contributed by atoms with Gasteiger partial charge in [-0.2, -0.15) is 0 Å². The van der Waals surface area contributed by atoms with Crippen LogP contribution in [0.4, 0.5) is 0 Å². The molecule has 1 amide bonds. The van der Waals surface area contributed by atoms with Crippen LogP contribution in [0.25, 0.3) is 0 Å². The van der Waals surface area contributed by atoms with E-state index in [2.05, 4.69) is 15.4 Å². The number of rotatable bonds is 5. The van der Waals surface area contributed by atoms with Crippen molar-refractivity contribution in [3.63, 3.8) is 0 Å². The number of oxime groups is 1. The van der Waals surface area contributed by atoms with E-state index in [9.17, 15) is 4.79 Å². The Balaban J connectivity index is 1.48. The summed E-state index contributed by atoms with van der Waals surface area (Å²) < 4.78 is 6.39. The zero-order valence-electron chi connectivity index (χ0n) is 12.9. The predicted molar refractivity (Wildman–Crippen MR) is 92.2 cm³/mol. The number of hydrogen-bond donors (Lipinski definition) is 2. The van der Waals surface area contributed by atoms with Crippen molar-refractivity contribution in [3.05, 3.63) is 16.5 Å². The van der Waals surface area contributed by atoms with Gasteiger partial charge >= 0.3 is 0 Å². The molecule has 0 unspecified atom stereocenters. The van der Waals surface area contributed by atoms with E-state index >= 15 is 0 Å². The van der Waals surface area contributed by atoms with E-state index in [1.807, 2.05) is 6.07 Å². The summed E-state index contributed by atoms with van der Waals surface area (Å²) in [6.07, 6.45) is 1.68. The summed E-state index contributed by atoms with van der Waals surface area (Å²) >= 11 is 3.20. The van der Waals surface area contributed by atoms with Crippen molar-refractivity contribution in [2.75, 3.05) is 45.1 Å². The molecule has 0 radical (unpaired) electrons. The first kappa shape index (κ1) is 16.8. The molecular weight excluding hydrogens is 334 g/mol. The Hall–Kier alpha value is -1.09. The molecular formula is C15H21N3O3S2. The van der Waals surface area contributed by atoms with Gasteiger partial charge in [-0.15, -0.1) is 23.1 Å². The van der Waals surface area contributed by atoms with E-state index in [-0.39, 0.29) is 5.91 Å². The highest BCUT2D eigenvalue weighted by Crippen LogP contribution is 2.37. The summed E-state index contributed by atoms with van der Waals surface area (Å²) in [6, 6.07) is 1.85. The minimum atomic E-state index is -0.0377. The number of thioether (sulfide) groups is 1. The molecule has 0 saturated carbocycles. The molecule has 0 spiro atoms. The summed E-state index contributed by atoms with van der Waals surface area (Å²) in [5.74, 6) is 0.859. The van der Waals surface area contributed by atoms with Gasteiger partial charge in [-0.1, -0.05) is 5.16 Å². The van der Waals surface area contributed by atoms with E-state index in [1.165, 1.54) is 11.3 Å². The number of carbonyl (C=O) groups is 1. The normalized spacial score (nSPS) is 20.4. The number of ether oxygens (including phenoxy) is 1. The Morgan fingerprint density at radius 2 is 2.26 bits per heavy atom. The fraction of sp³-hybridized carbons (Fsp3) is 0.600. The van der Waals surface area contributed by atoms with Gasteiger partial charge in [0.2, 0.25) is 0 Å². The van der Waals surface area contributed by atoms with E-state index in [0.29, 0.717) is 17.1 Å². The molecule has 0 aliphatic carbocycles. The lowest BCUT2D eigenvalue weighted by Gasteiger charge is -2.26. The van der Waals surface area contributed by atoms with Gasteiger partial charge in [-0.3, -0.25) is 9.69 Å². The van der Waals surface area contributed by atoms with Crippen LogP contribution in [0.3, 0.4) is 0 Å². The van der Waals surface area contributed by atoms with Gasteiger partial charge < -0.3 is 15.3 Å². The van der Waals surface area contributed by atoms with Crippen molar-refractivity contribution >= 4 is 34.7 Å². The number of nitrogens with one attached hydrogen (secondary N) is 1. The van der Waals surface area contributed by atoms with Crippen LogP contribution in [0.1, 0.15) is 28.1 Å². The second kappa shape index (κ2) is 8.14. The predicted octanol–water partition coefficient (Wildman–Crippen LogP) is 1.87. The number of thiophene rings is 1. The summed E-state index contributed by atoms with van der Waals surface area (Å²) in [6.45, 7) is 5.23. The zero-order valence-corrected chi connectivity index (χ0v) is 14.5. The molecule has 1 saturated heterocycles. The molecule has 1 fully saturated rings. The molecule has 1 aromatic heterocycles. The smallest absolute Gasteiger partial charge is 0.261 e. The number of morpholine rings is 1. The lowest BCUT2D eigenvalue weighted by molar-refractivity contribution is 0.0374. The molecule has 0 bridgehead atoms. The maximum Gasteiger partial charge on any atom is 0.261 e. The summed E-state index contributed by atoms with van der Waals surface area (Å²) in [5.41, 5.74) is 1.59. The maximum atomic E-state index is 12.3. The molecule has 3 heterocycles. The van der Waals surface area contributed by atoms with Gasteiger partial charge in [0.05, 0.1) is 28.0 Å². The first-order chi connectivity index (χ1) is 11.3. The third-order valence-corrected chi connectivity index (χ3v) is 6.39. The standard InChI is InChI=1S/C15H21N3O3S2/c19-14(16-3-1-4-18-5-7-21-8-6-18)13-10-11-12(17-20)2-9-22-15(11)23-13/h10,20H,1-9H2,(H,16,19). The molecule has 2 aliphatic rings. The fourth-order valence-electron chi connectivity index (χ4n) is 2.69. The van der Waals surface area contributed by atoms with Crippen LogP contribution < -0.4 is 5.32 Å². The molecule has 23 heavy (non-hydrogen) atoms. The van der Waals surface area contributed by atoms with E-state index in [1.54, 1.807) is 11.8 Å². The van der Waals surface area contributed by atoms with Gasteiger partial charge in [0.1, 0.15) is 0 Å². The van der Waals surface area contributed by atoms with Crippen LogP contribution in [-0.2, 0) is 4.74 Å². The van der Waals surface area contributed by atoms with Crippen LogP contribution >= 0.6 is 23.1 Å². The van der Waals surface area contributed by atoms with Gasteiger partial charge in [0.15, 0.2) is 0 Å². The number of amides is 1. The Morgan fingerprint density at radius 3 is 3.04 bits per heavy atom. The average molecular weight is 355 g/mol. The monoisotopic (exact) mass is 355 g/mol. The average Bonchev–Trinajstić information content (AvgIpc) is 3.03. The molecule has 126 valence electrons. The quantitative estimate of drug-likeness (QED) is 0.479. The van der Waals surface area contributed by atoms with Crippen molar-refractivity contribution < 1.29 is 14.7 Å². The zero-order chi connectivity index (χ0) is 16.1. The van der Waals surface area contributed by atoms with Crippen molar-refractivity contribution in [2.45, 2.75) is 17.1 Å². The van der Waals surface area contributed by atoms with Gasteiger partial charge in [0.25, 0.3) is 5.91 Å². The topological polar surface area (TPSA) is 74.2 Å². The number of hydrogen-bond acceptors (Lipinski definition) is 7. The Kier molecular flexibility index (Phi) is 5.93. The summed E-state index contributed by atoms with van der Waals surface area (Å²) in [5, 5.41) is 15.4. The maximum absolute atomic E-state index is 12.3. The van der Waals surface area contributed by atoms with Gasteiger partial charge in [-0.25, -0.2) is 0 Å². The second-order valence-corrected chi connectivity index (χ2v) is 7.94. The Bertz CT molecular complexity index is 583. The second-order valence-electron chi connectivity index (χ2n) is 5.52. The third kappa shape index (κ3) is 4.26. The van der Waals surface area contributed by atoms with Crippen LogP contribution in [0.5, 0.6) is 0 Å². The highest BCUT2D eigenvalue weighted by atomic mass is 32.2. The summed E-state index contributed by atoms with van der Waals surface area (Å²) in [4.78, 5) is 15.3. The van der Waals surface area contributed by atoms with Gasteiger partial charge in [-0.05, 0) is 19.0 Å². The van der Waals surface area contributed by atoms with Crippen LogP contribution in [0.15, 0.2) is 15.4 Å². The van der Waals surface area contributed by atoms with Gasteiger partial charge in [0, 0.05) is 37.4 Å². The fourth-order valence-corrected chi connectivity index (χ4v) is 5.09. The number of nitrogens with zero attached hydrogens (tertiary/aromatic N) is 2. The van der Waals surface area contributed by atoms with Crippen molar-refractivity contribution in [2.24, 2.45) is 5.16 Å². The molecule has 1 aromatic rings. The largest absolute Gasteiger partial charge is 0.411 e. The molecule has 8 heteroatoms. The van der Waals surface area contributed by atoms with Crippen LogP contribution in [0, 0.1) is 0 Å². The van der Waals surface area contributed by atoms with Crippen molar-refractivity contribution in [1.82, 2.24) is 10.2 Å². The minimum absolute atomic E-state index is 0.0377. The molecule has 0 atom stereocenters. The minimum Gasteiger partial charge on any atom is -0.411 e. The highest BCUT2D eigenvalue weighted by molar-refractivity contribution is 8.01. The number of fused-ring (bicyclic) bond motifs is 1. The molecule has 2 aliphatic heterocycles. The first-order valence-electron chi connectivity index (χ1n) is 7.84. The molecule has 3 rings (SSSR count). The van der Waals surface area contributed by atoms with E-state index < -0.39 is 0 Å². The molecule has 2 N–H and O–H groups in total. The van der Waals surface area contributed by atoms with Crippen LogP contribution in [-0.4, -0.2) is 66.9 Å². The third-order valence-electron chi connectivity index (χ3n) is 3.97. The van der Waals surface area contributed by atoms with Crippen molar-refractivity contribution in [1.29, 1.82) is 0 Å². The molecule has 6 nitrogen and oxygen atoms in total. The molecule has 0 aromatic carbocycles. The summed E-state index contributed by atoms with van der Waals surface area (Å²) in [7, 11) is 0. The Labute approximate surface area is 143 Å². The lowest BCUT2D eigenvalue weighted by Crippen LogP contribution is -2.38. The van der Waals surface area contributed by atoms with E-state index in [0.717, 1.165) is 61.2 Å². The number of carbonyl (C=O) groups excluding carboxylic acids is 1. The Morgan fingerprint density at radius 1 is 1.43 bits per heavy atom.